The Morgan fingerprint density at radius 1 is 1.33 bits per heavy atom. The van der Waals surface area contributed by atoms with Crippen molar-refractivity contribution in [2.24, 2.45) is 17.6 Å². The Labute approximate surface area is 115 Å². The van der Waals surface area contributed by atoms with Crippen LogP contribution in [-0.2, 0) is 0 Å². The molecule has 0 heterocycles. The molecule has 1 saturated carbocycles. The van der Waals surface area contributed by atoms with Crippen LogP contribution in [0.3, 0.4) is 0 Å². The molecule has 100 valence electrons. The number of benzene rings is 1. The van der Waals surface area contributed by atoms with Crippen molar-refractivity contribution in [3.05, 3.63) is 29.3 Å². The lowest BCUT2D eigenvalue weighted by molar-refractivity contribution is 0.168. The zero-order chi connectivity index (χ0) is 13.2. The summed E-state index contributed by atoms with van der Waals surface area (Å²) in [4.78, 5) is 0. The summed E-state index contributed by atoms with van der Waals surface area (Å²) in [7, 11) is 0. The topological polar surface area (TPSA) is 38.0 Å². The number of anilines is 1. The van der Waals surface area contributed by atoms with Crippen LogP contribution in [0.1, 0.15) is 33.1 Å². The molecule has 3 atom stereocenters. The van der Waals surface area contributed by atoms with Crippen molar-refractivity contribution >= 4 is 17.3 Å². The lowest BCUT2D eigenvalue weighted by Gasteiger charge is -2.46. The Kier molecular flexibility index (Phi) is 4.18. The molecule has 18 heavy (non-hydrogen) atoms. The molecule has 0 bridgehead atoms. The summed E-state index contributed by atoms with van der Waals surface area (Å²) in [6, 6.07) is 7.91. The van der Waals surface area contributed by atoms with E-state index in [1.807, 2.05) is 24.3 Å². The molecule has 3 unspecified atom stereocenters. The minimum absolute atomic E-state index is 0.0332. The maximum absolute atomic E-state index is 6.08. The summed E-state index contributed by atoms with van der Waals surface area (Å²) < 4.78 is 0. The summed E-state index contributed by atoms with van der Waals surface area (Å²) in [5.74, 6) is 1.31. The molecule has 1 fully saturated rings. The van der Waals surface area contributed by atoms with Gasteiger partial charge in [0.2, 0.25) is 0 Å². The normalized spacial score (nSPS) is 32.2. The second-order valence-corrected chi connectivity index (χ2v) is 6.09. The lowest BCUT2D eigenvalue weighted by Crippen LogP contribution is -2.54. The SMILES string of the molecule is CC1CCCC(CN)(Nc2ccc(Cl)cc2)C1C. The average Bonchev–Trinajstić information content (AvgIpc) is 2.38. The highest BCUT2D eigenvalue weighted by atomic mass is 35.5. The van der Waals surface area contributed by atoms with E-state index in [2.05, 4.69) is 19.2 Å². The maximum atomic E-state index is 6.08. The molecular weight excluding hydrogens is 244 g/mol. The Balaban J connectivity index is 2.19. The highest BCUT2D eigenvalue weighted by Gasteiger charge is 2.40. The maximum Gasteiger partial charge on any atom is 0.0523 e. The second kappa shape index (κ2) is 5.50. The summed E-state index contributed by atoms with van der Waals surface area (Å²) >= 11 is 5.92. The first-order chi connectivity index (χ1) is 8.57. The molecule has 1 aliphatic carbocycles. The van der Waals surface area contributed by atoms with Crippen LogP contribution in [0.4, 0.5) is 5.69 Å². The minimum Gasteiger partial charge on any atom is -0.378 e. The second-order valence-electron chi connectivity index (χ2n) is 5.65. The summed E-state index contributed by atoms with van der Waals surface area (Å²) in [5.41, 5.74) is 7.23. The third-order valence-electron chi connectivity index (χ3n) is 4.61. The van der Waals surface area contributed by atoms with Gasteiger partial charge in [-0.3, -0.25) is 0 Å². The fourth-order valence-corrected chi connectivity index (χ4v) is 3.22. The molecule has 3 heteroatoms. The van der Waals surface area contributed by atoms with Crippen molar-refractivity contribution in [1.82, 2.24) is 0 Å². The number of hydrogen-bond donors (Lipinski definition) is 2. The number of nitrogens with two attached hydrogens (primary N) is 1. The van der Waals surface area contributed by atoms with Gasteiger partial charge in [0.05, 0.1) is 5.54 Å². The van der Waals surface area contributed by atoms with E-state index < -0.39 is 0 Å². The van der Waals surface area contributed by atoms with Crippen molar-refractivity contribution < 1.29 is 0 Å². The molecule has 1 aromatic carbocycles. The van der Waals surface area contributed by atoms with Crippen molar-refractivity contribution in [3.8, 4) is 0 Å². The van der Waals surface area contributed by atoms with Gasteiger partial charge in [0.1, 0.15) is 0 Å². The van der Waals surface area contributed by atoms with Crippen molar-refractivity contribution in [1.29, 1.82) is 0 Å². The molecule has 2 nitrogen and oxygen atoms in total. The van der Waals surface area contributed by atoms with Gasteiger partial charge in [-0.2, -0.15) is 0 Å². The predicted molar refractivity (Wildman–Crippen MR) is 79.0 cm³/mol. The lowest BCUT2D eigenvalue weighted by atomic mass is 9.68. The van der Waals surface area contributed by atoms with Gasteiger partial charge < -0.3 is 11.1 Å². The average molecular weight is 267 g/mol. The number of halogens is 1. The number of nitrogens with one attached hydrogen (secondary N) is 1. The zero-order valence-corrected chi connectivity index (χ0v) is 12.0. The van der Waals surface area contributed by atoms with Crippen LogP contribution in [0.25, 0.3) is 0 Å². The Morgan fingerprint density at radius 2 is 2.00 bits per heavy atom. The van der Waals surface area contributed by atoms with Crippen LogP contribution >= 0.6 is 11.6 Å². The third kappa shape index (κ3) is 2.65. The molecule has 0 saturated heterocycles. The Hall–Kier alpha value is -0.730. The molecular formula is C15H23ClN2. The number of rotatable bonds is 3. The van der Waals surface area contributed by atoms with Crippen molar-refractivity contribution in [3.63, 3.8) is 0 Å². The molecule has 0 amide bonds. The largest absolute Gasteiger partial charge is 0.378 e. The van der Waals surface area contributed by atoms with E-state index in [4.69, 9.17) is 17.3 Å². The first-order valence-electron chi connectivity index (χ1n) is 6.81. The number of hydrogen-bond acceptors (Lipinski definition) is 2. The van der Waals surface area contributed by atoms with E-state index in [1.54, 1.807) is 0 Å². The zero-order valence-electron chi connectivity index (χ0n) is 11.2. The molecule has 1 aromatic rings. The van der Waals surface area contributed by atoms with E-state index in [0.717, 1.165) is 23.0 Å². The minimum atomic E-state index is 0.0332. The summed E-state index contributed by atoms with van der Waals surface area (Å²) in [5, 5.41) is 4.44. The van der Waals surface area contributed by atoms with Gasteiger partial charge >= 0.3 is 0 Å². The van der Waals surface area contributed by atoms with Crippen LogP contribution in [0, 0.1) is 11.8 Å². The standard InChI is InChI=1S/C15H23ClN2/c1-11-4-3-9-15(10-17,12(11)2)18-14-7-5-13(16)6-8-14/h5-8,11-12,18H,3-4,9-10,17H2,1-2H3. The fraction of sp³-hybridized carbons (Fsp3) is 0.600. The van der Waals surface area contributed by atoms with E-state index in [9.17, 15) is 0 Å². The van der Waals surface area contributed by atoms with Crippen molar-refractivity contribution in [2.45, 2.75) is 38.6 Å². The van der Waals surface area contributed by atoms with Gasteiger partial charge in [-0.25, -0.2) is 0 Å². The van der Waals surface area contributed by atoms with Crippen molar-refractivity contribution in [2.75, 3.05) is 11.9 Å². The molecule has 0 aliphatic heterocycles. The van der Waals surface area contributed by atoms with Crippen LogP contribution in [0.15, 0.2) is 24.3 Å². The Bertz CT molecular complexity index is 390. The van der Waals surface area contributed by atoms with Crippen LogP contribution < -0.4 is 11.1 Å². The summed E-state index contributed by atoms with van der Waals surface area (Å²) in [6.45, 7) is 5.33. The smallest absolute Gasteiger partial charge is 0.0523 e. The van der Waals surface area contributed by atoms with Gasteiger partial charge in [0, 0.05) is 17.3 Å². The summed E-state index contributed by atoms with van der Waals surface area (Å²) in [6.07, 6.45) is 3.71. The van der Waals surface area contributed by atoms with E-state index in [1.165, 1.54) is 12.8 Å². The highest BCUT2D eigenvalue weighted by Crippen LogP contribution is 2.39. The molecule has 0 radical (unpaired) electrons. The van der Waals surface area contributed by atoms with Crippen LogP contribution in [0.2, 0.25) is 5.02 Å². The molecule has 0 aromatic heterocycles. The molecule has 0 spiro atoms. The van der Waals surface area contributed by atoms with Gasteiger partial charge in [0.25, 0.3) is 0 Å². The monoisotopic (exact) mass is 266 g/mol. The van der Waals surface area contributed by atoms with E-state index in [-0.39, 0.29) is 5.54 Å². The van der Waals surface area contributed by atoms with E-state index in [0.29, 0.717) is 12.5 Å². The fourth-order valence-electron chi connectivity index (χ4n) is 3.10. The predicted octanol–water partition coefficient (Wildman–Crippen LogP) is 3.91. The van der Waals surface area contributed by atoms with Crippen LogP contribution in [0.5, 0.6) is 0 Å². The Morgan fingerprint density at radius 3 is 2.61 bits per heavy atom. The van der Waals surface area contributed by atoms with Crippen LogP contribution in [-0.4, -0.2) is 12.1 Å². The molecule has 1 aliphatic rings. The van der Waals surface area contributed by atoms with E-state index >= 15 is 0 Å². The van der Waals surface area contributed by atoms with Gasteiger partial charge in [0.15, 0.2) is 0 Å². The third-order valence-corrected chi connectivity index (χ3v) is 4.86. The quantitative estimate of drug-likeness (QED) is 0.871. The highest BCUT2D eigenvalue weighted by molar-refractivity contribution is 6.30. The molecule has 2 rings (SSSR count). The first kappa shape index (κ1) is 13.7. The first-order valence-corrected chi connectivity index (χ1v) is 7.19. The van der Waals surface area contributed by atoms with Gasteiger partial charge in [-0.15, -0.1) is 0 Å². The molecule has 3 N–H and O–H groups in total. The van der Waals surface area contributed by atoms with Gasteiger partial charge in [-0.05, 0) is 42.5 Å². The van der Waals surface area contributed by atoms with Gasteiger partial charge in [-0.1, -0.05) is 38.3 Å².